The molecular weight excluding hydrogens is 571 g/mol. The van der Waals surface area contributed by atoms with E-state index < -0.39 is 22.7 Å². The third-order valence-corrected chi connectivity index (χ3v) is 6.68. The van der Waals surface area contributed by atoms with Crippen molar-refractivity contribution in [2.24, 2.45) is 0 Å². The number of carbonyl (C=O) groups is 1. The lowest BCUT2D eigenvalue weighted by Crippen LogP contribution is -2.32. The number of hydrogen-bond donors (Lipinski definition) is 1. The van der Waals surface area contributed by atoms with Crippen LogP contribution >= 0.6 is 23.2 Å². The predicted molar refractivity (Wildman–Crippen MR) is 157 cm³/mol. The summed E-state index contributed by atoms with van der Waals surface area (Å²) in [6.07, 6.45) is -1.66. The Morgan fingerprint density at radius 3 is 2.54 bits per heavy atom. The van der Waals surface area contributed by atoms with Gasteiger partial charge in [-0.05, 0) is 50.1 Å². The number of nitro groups is 1. The second kappa shape index (κ2) is 12.9. The van der Waals surface area contributed by atoms with Crippen molar-refractivity contribution < 1.29 is 24.3 Å². The molecule has 41 heavy (non-hydrogen) atoms. The lowest BCUT2D eigenvalue weighted by Gasteiger charge is -2.25. The van der Waals surface area contributed by atoms with Crippen molar-refractivity contribution in [3.05, 3.63) is 98.1 Å². The van der Waals surface area contributed by atoms with Crippen molar-refractivity contribution in [2.45, 2.75) is 39.0 Å². The normalized spacial score (nSPS) is 12.5. The summed E-state index contributed by atoms with van der Waals surface area (Å²) in [7, 11) is 0. The van der Waals surface area contributed by atoms with Gasteiger partial charge in [-0.1, -0.05) is 59.6 Å². The Morgan fingerprint density at radius 2 is 1.85 bits per heavy atom. The van der Waals surface area contributed by atoms with Gasteiger partial charge >= 0.3 is 6.09 Å². The van der Waals surface area contributed by atoms with Crippen LogP contribution < -0.4 is 4.74 Å². The maximum Gasteiger partial charge on any atom is 0.435 e. The van der Waals surface area contributed by atoms with Gasteiger partial charge in [-0.2, -0.15) is 4.68 Å². The van der Waals surface area contributed by atoms with Gasteiger partial charge < -0.3 is 14.6 Å². The third kappa shape index (κ3) is 7.95. The number of rotatable bonds is 10. The van der Waals surface area contributed by atoms with E-state index >= 15 is 0 Å². The number of halogens is 2. The van der Waals surface area contributed by atoms with Crippen molar-refractivity contribution in [1.29, 1.82) is 0 Å². The average molecular weight is 601 g/mol. The first-order valence-corrected chi connectivity index (χ1v) is 13.6. The molecule has 1 aromatic heterocycles. The maximum atomic E-state index is 12.7. The molecule has 1 atom stereocenters. The van der Waals surface area contributed by atoms with Crippen molar-refractivity contribution in [2.75, 3.05) is 19.7 Å². The van der Waals surface area contributed by atoms with Crippen molar-refractivity contribution in [3.63, 3.8) is 0 Å². The number of hydrogen-bond acceptors (Lipinski definition) is 8. The molecule has 3 aromatic carbocycles. The van der Waals surface area contributed by atoms with E-state index in [1.807, 2.05) is 35.2 Å². The molecule has 0 fully saturated rings. The summed E-state index contributed by atoms with van der Waals surface area (Å²) in [5.41, 5.74) is 0.890. The Hall–Kier alpha value is -3.70. The van der Waals surface area contributed by atoms with E-state index in [9.17, 15) is 20.0 Å². The van der Waals surface area contributed by atoms with Gasteiger partial charge in [0.2, 0.25) is 0 Å². The van der Waals surface area contributed by atoms with Gasteiger partial charge in [0.25, 0.3) is 5.69 Å². The highest BCUT2D eigenvalue weighted by molar-refractivity contribution is 6.34. The molecule has 4 rings (SSSR count). The minimum Gasteiger partial charge on any atom is -0.492 e. The number of ether oxygens (including phenoxy) is 2. The summed E-state index contributed by atoms with van der Waals surface area (Å²) in [5.74, 6) is 0.493. The fourth-order valence-electron chi connectivity index (χ4n) is 4.19. The van der Waals surface area contributed by atoms with E-state index in [-0.39, 0.29) is 29.0 Å². The topological polar surface area (TPSA) is 120 Å². The minimum atomic E-state index is -1.00. The summed E-state index contributed by atoms with van der Waals surface area (Å²) >= 11 is 12.2. The molecule has 0 saturated carbocycles. The fraction of sp³-hybridized carbons (Fsp3) is 0.310. The molecule has 1 unspecified atom stereocenters. The molecular formula is C29H30Cl2N4O6. The van der Waals surface area contributed by atoms with Crippen molar-refractivity contribution in [3.8, 4) is 5.75 Å². The number of fused-ring (bicyclic) bond motifs is 1. The Kier molecular flexibility index (Phi) is 9.49. The van der Waals surface area contributed by atoms with Crippen LogP contribution in [0, 0.1) is 10.1 Å². The molecule has 12 heteroatoms. The SMILES string of the molecule is CC(C)(C)OC(=O)n1nc(Cl)c2ccc(OCCN(Cc3ccccc3)CC(O)c3ccc(Cl)c([N+](=O)[O-])c3)cc21. The summed E-state index contributed by atoms with van der Waals surface area (Å²) in [6.45, 7) is 6.66. The Morgan fingerprint density at radius 1 is 1.12 bits per heavy atom. The van der Waals surface area contributed by atoms with Gasteiger partial charge in [-0.15, -0.1) is 5.10 Å². The van der Waals surface area contributed by atoms with Crippen LogP contribution in [0.2, 0.25) is 10.2 Å². The first-order chi connectivity index (χ1) is 19.4. The number of aromatic nitrogens is 2. The zero-order chi connectivity index (χ0) is 29.7. The molecule has 1 heterocycles. The summed E-state index contributed by atoms with van der Waals surface area (Å²) in [4.78, 5) is 25.4. The van der Waals surface area contributed by atoms with Crippen molar-refractivity contribution in [1.82, 2.24) is 14.7 Å². The van der Waals surface area contributed by atoms with Crippen LogP contribution in [0.5, 0.6) is 5.75 Å². The number of nitro benzene ring substituents is 1. The van der Waals surface area contributed by atoms with E-state index in [1.165, 1.54) is 12.1 Å². The first-order valence-electron chi connectivity index (χ1n) is 12.8. The third-order valence-electron chi connectivity index (χ3n) is 6.08. The Balaban J connectivity index is 1.49. The standard InChI is InChI=1S/C29H30Cl2N4O6/c1-29(2,3)41-28(37)34-24-16-21(10-11-22(24)27(31)32-34)40-14-13-33(17-19-7-5-4-6-8-19)18-26(36)20-9-12-23(30)25(15-20)35(38)39/h4-12,15-16,26,36H,13-14,17-18H2,1-3H3. The first kappa shape index (κ1) is 30.3. The van der Waals surface area contributed by atoms with E-state index in [1.54, 1.807) is 45.0 Å². The molecule has 0 spiro atoms. The van der Waals surface area contributed by atoms with Gasteiger partial charge in [0.05, 0.1) is 16.5 Å². The molecule has 0 amide bonds. The maximum absolute atomic E-state index is 12.7. The minimum absolute atomic E-state index is 0.00626. The average Bonchev–Trinajstić information content (AvgIpc) is 3.24. The smallest absolute Gasteiger partial charge is 0.435 e. The van der Waals surface area contributed by atoms with Crippen LogP contribution in [0.25, 0.3) is 10.9 Å². The van der Waals surface area contributed by atoms with Gasteiger partial charge in [0.15, 0.2) is 5.15 Å². The van der Waals surface area contributed by atoms with Crippen LogP contribution in [-0.4, -0.2) is 56.1 Å². The molecule has 0 aliphatic heterocycles. The molecule has 1 N–H and O–H groups in total. The van der Waals surface area contributed by atoms with Gasteiger partial charge in [-0.3, -0.25) is 15.0 Å². The van der Waals surface area contributed by atoms with Gasteiger partial charge in [0.1, 0.15) is 23.0 Å². The zero-order valence-electron chi connectivity index (χ0n) is 22.8. The molecule has 0 saturated heterocycles. The molecule has 0 aliphatic rings. The number of aliphatic hydroxyl groups is 1. The van der Waals surface area contributed by atoms with Gasteiger partial charge in [0, 0.05) is 37.2 Å². The Labute approximate surface area is 247 Å². The van der Waals surface area contributed by atoms with Crippen LogP contribution in [0.4, 0.5) is 10.5 Å². The highest BCUT2D eigenvalue weighted by Crippen LogP contribution is 2.29. The number of benzene rings is 3. The highest BCUT2D eigenvalue weighted by Gasteiger charge is 2.23. The molecule has 216 valence electrons. The molecule has 0 bridgehead atoms. The van der Waals surface area contributed by atoms with Crippen molar-refractivity contribution >= 4 is 45.9 Å². The molecule has 4 aromatic rings. The summed E-state index contributed by atoms with van der Waals surface area (Å²) < 4.78 is 12.6. The van der Waals surface area contributed by atoms with Crippen LogP contribution in [0.3, 0.4) is 0 Å². The number of carbonyl (C=O) groups excluding carboxylic acids is 1. The van der Waals surface area contributed by atoms with Crippen LogP contribution in [0.15, 0.2) is 66.7 Å². The summed E-state index contributed by atoms with van der Waals surface area (Å²) in [5, 5.41) is 27.1. The van der Waals surface area contributed by atoms with Crippen LogP contribution in [0.1, 0.15) is 38.0 Å². The molecule has 0 radical (unpaired) electrons. The lowest BCUT2D eigenvalue weighted by molar-refractivity contribution is -0.384. The number of nitrogens with zero attached hydrogens (tertiary/aromatic N) is 4. The van der Waals surface area contributed by atoms with E-state index in [0.29, 0.717) is 35.3 Å². The second-order valence-corrected chi connectivity index (χ2v) is 11.2. The van der Waals surface area contributed by atoms with Crippen LogP contribution in [-0.2, 0) is 11.3 Å². The monoisotopic (exact) mass is 600 g/mol. The predicted octanol–water partition coefficient (Wildman–Crippen LogP) is 6.65. The number of aliphatic hydroxyl groups excluding tert-OH is 1. The van der Waals surface area contributed by atoms with E-state index in [4.69, 9.17) is 32.7 Å². The van der Waals surface area contributed by atoms with Gasteiger partial charge in [-0.25, -0.2) is 4.79 Å². The lowest BCUT2D eigenvalue weighted by atomic mass is 10.1. The van der Waals surface area contributed by atoms with E-state index in [0.717, 1.165) is 10.2 Å². The summed E-state index contributed by atoms with van der Waals surface area (Å²) in [6, 6.07) is 19.1. The molecule has 0 aliphatic carbocycles. The Bertz CT molecular complexity index is 1540. The van der Waals surface area contributed by atoms with E-state index in [2.05, 4.69) is 5.10 Å². The fourth-order valence-corrected chi connectivity index (χ4v) is 4.61. The highest BCUT2D eigenvalue weighted by atomic mass is 35.5. The largest absolute Gasteiger partial charge is 0.492 e. The molecule has 10 nitrogen and oxygen atoms in total. The zero-order valence-corrected chi connectivity index (χ0v) is 24.3. The quantitative estimate of drug-likeness (QED) is 0.159. The second-order valence-electron chi connectivity index (χ2n) is 10.4.